The molecule has 4 nitrogen and oxygen atoms in total. The minimum Gasteiger partial charge on any atom is -0.496 e. The average molecular weight is 233 g/mol. The molecule has 0 radical (unpaired) electrons. The molecule has 1 heterocycles. The average Bonchev–Trinajstić information content (AvgIpc) is 2.31. The summed E-state index contributed by atoms with van der Waals surface area (Å²) in [6.07, 6.45) is 3.25. The molecule has 0 aromatic heterocycles. The van der Waals surface area contributed by atoms with Gasteiger partial charge in [0.1, 0.15) is 5.75 Å². The van der Waals surface area contributed by atoms with Gasteiger partial charge in [-0.05, 0) is 12.1 Å². The van der Waals surface area contributed by atoms with E-state index >= 15 is 0 Å². The highest BCUT2D eigenvalue weighted by Crippen LogP contribution is 2.18. The first-order chi connectivity index (χ1) is 8.29. The molecule has 1 aliphatic heterocycles. The number of hydrogen-bond donors (Lipinski definition) is 1. The highest BCUT2D eigenvalue weighted by atomic mass is 16.5. The summed E-state index contributed by atoms with van der Waals surface area (Å²) in [5.41, 5.74) is 0.884. The molecule has 0 aliphatic carbocycles. The van der Waals surface area contributed by atoms with E-state index < -0.39 is 0 Å². The van der Waals surface area contributed by atoms with Gasteiger partial charge < -0.3 is 14.8 Å². The van der Waals surface area contributed by atoms with E-state index in [4.69, 9.17) is 9.47 Å². The van der Waals surface area contributed by atoms with Crippen LogP contribution in [0.4, 0.5) is 0 Å². The van der Waals surface area contributed by atoms with E-state index in [1.165, 1.54) is 6.08 Å². The molecule has 0 atom stereocenters. The largest absolute Gasteiger partial charge is 0.496 e. The first-order valence-corrected chi connectivity index (χ1v) is 5.49. The fourth-order valence-corrected chi connectivity index (χ4v) is 1.54. The molecule has 1 aliphatic rings. The molecule has 0 unspecified atom stereocenters. The van der Waals surface area contributed by atoms with Gasteiger partial charge in [0.25, 0.3) is 0 Å². The molecular formula is C13H15NO3. The topological polar surface area (TPSA) is 47.6 Å². The SMILES string of the molecule is COc1ccccc1C=CC(=O)NC1COC1. The maximum atomic E-state index is 11.5. The first-order valence-electron chi connectivity index (χ1n) is 5.49. The van der Waals surface area contributed by atoms with Gasteiger partial charge in [-0.3, -0.25) is 4.79 Å². The lowest BCUT2D eigenvalue weighted by molar-refractivity contribution is -0.120. The molecule has 1 fully saturated rings. The Morgan fingerprint density at radius 2 is 2.24 bits per heavy atom. The van der Waals surface area contributed by atoms with Gasteiger partial charge in [-0.1, -0.05) is 18.2 Å². The third-order valence-electron chi connectivity index (χ3n) is 2.54. The maximum Gasteiger partial charge on any atom is 0.244 e. The lowest BCUT2D eigenvalue weighted by atomic mass is 10.2. The number of carbonyl (C=O) groups excluding carboxylic acids is 1. The number of para-hydroxylation sites is 1. The Morgan fingerprint density at radius 3 is 2.88 bits per heavy atom. The van der Waals surface area contributed by atoms with E-state index in [0.717, 1.165) is 11.3 Å². The van der Waals surface area contributed by atoms with Gasteiger partial charge in [-0.25, -0.2) is 0 Å². The summed E-state index contributed by atoms with van der Waals surface area (Å²) >= 11 is 0. The van der Waals surface area contributed by atoms with Crippen molar-refractivity contribution in [1.82, 2.24) is 5.32 Å². The number of hydrogen-bond acceptors (Lipinski definition) is 3. The lowest BCUT2D eigenvalue weighted by Gasteiger charge is -2.26. The molecule has 1 aromatic carbocycles. The summed E-state index contributed by atoms with van der Waals surface area (Å²) in [6.45, 7) is 1.21. The summed E-state index contributed by atoms with van der Waals surface area (Å²) in [7, 11) is 1.61. The Hall–Kier alpha value is -1.81. The Balaban J connectivity index is 1.96. The number of amides is 1. The van der Waals surface area contributed by atoms with Crippen LogP contribution in [0.15, 0.2) is 30.3 Å². The third-order valence-corrected chi connectivity index (χ3v) is 2.54. The van der Waals surface area contributed by atoms with Crippen molar-refractivity contribution in [2.75, 3.05) is 20.3 Å². The van der Waals surface area contributed by atoms with Crippen LogP contribution >= 0.6 is 0 Å². The highest BCUT2D eigenvalue weighted by Gasteiger charge is 2.18. The molecule has 0 bridgehead atoms. The molecule has 4 heteroatoms. The molecule has 17 heavy (non-hydrogen) atoms. The van der Waals surface area contributed by atoms with Gasteiger partial charge in [0.2, 0.25) is 5.91 Å². The van der Waals surface area contributed by atoms with Crippen LogP contribution in [0.25, 0.3) is 6.08 Å². The van der Waals surface area contributed by atoms with Gasteiger partial charge in [-0.15, -0.1) is 0 Å². The quantitative estimate of drug-likeness (QED) is 0.795. The zero-order valence-corrected chi connectivity index (χ0v) is 9.68. The van der Waals surface area contributed by atoms with Crippen LogP contribution in [0.1, 0.15) is 5.56 Å². The van der Waals surface area contributed by atoms with E-state index in [1.807, 2.05) is 24.3 Å². The van der Waals surface area contributed by atoms with E-state index in [1.54, 1.807) is 13.2 Å². The fraction of sp³-hybridized carbons (Fsp3) is 0.308. The zero-order chi connectivity index (χ0) is 12.1. The van der Waals surface area contributed by atoms with E-state index in [9.17, 15) is 4.79 Å². The van der Waals surface area contributed by atoms with Crippen molar-refractivity contribution >= 4 is 12.0 Å². The second-order valence-corrected chi connectivity index (χ2v) is 3.82. The zero-order valence-electron chi connectivity index (χ0n) is 9.68. The monoisotopic (exact) mass is 233 g/mol. The molecule has 0 spiro atoms. The van der Waals surface area contributed by atoms with Crippen molar-refractivity contribution in [3.05, 3.63) is 35.9 Å². The van der Waals surface area contributed by atoms with Gasteiger partial charge in [0, 0.05) is 11.6 Å². The molecule has 0 saturated carbocycles. The molecular weight excluding hydrogens is 218 g/mol. The van der Waals surface area contributed by atoms with Crippen molar-refractivity contribution in [2.24, 2.45) is 0 Å². The number of methoxy groups -OCH3 is 1. The van der Waals surface area contributed by atoms with Gasteiger partial charge in [0.05, 0.1) is 26.4 Å². The van der Waals surface area contributed by atoms with E-state index in [0.29, 0.717) is 13.2 Å². The number of benzene rings is 1. The normalized spacial score (nSPS) is 15.6. The maximum absolute atomic E-state index is 11.5. The summed E-state index contributed by atoms with van der Waals surface area (Å²) in [6, 6.07) is 7.71. The Morgan fingerprint density at radius 1 is 1.47 bits per heavy atom. The summed E-state index contributed by atoms with van der Waals surface area (Å²) in [5.74, 6) is 0.646. The summed E-state index contributed by atoms with van der Waals surface area (Å²) < 4.78 is 10.2. The molecule has 2 rings (SSSR count). The van der Waals surface area contributed by atoms with Gasteiger partial charge >= 0.3 is 0 Å². The number of ether oxygens (including phenoxy) is 2. The minimum atomic E-state index is -0.107. The van der Waals surface area contributed by atoms with Crippen molar-refractivity contribution in [3.63, 3.8) is 0 Å². The summed E-state index contributed by atoms with van der Waals surface area (Å²) in [4.78, 5) is 11.5. The van der Waals surface area contributed by atoms with Crippen LogP contribution < -0.4 is 10.1 Å². The number of rotatable bonds is 4. The molecule has 1 amide bonds. The Kier molecular flexibility index (Phi) is 3.77. The molecule has 1 aromatic rings. The lowest BCUT2D eigenvalue weighted by Crippen LogP contribution is -2.48. The van der Waals surface area contributed by atoms with E-state index in [-0.39, 0.29) is 11.9 Å². The minimum absolute atomic E-state index is 0.107. The van der Waals surface area contributed by atoms with Crippen LogP contribution in [0.3, 0.4) is 0 Å². The Labute approximate surface area is 100 Å². The molecule has 1 N–H and O–H groups in total. The van der Waals surface area contributed by atoms with Crippen LogP contribution in [0.5, 0.6) is 5.75 Å². The van der Waals surface area contributed by atoms with Crippen molar-refractivity contribution < 1.29 is 14.3 Å². The number of carbonyl (C=O) groups is 1. The molecule has 1 saturated heterocycles. The highest BCUT2D eigenvalue weighted by molar-refractivity contribution is 5.92. The van der Waals surface area contributed by atoms with Crippen LogP contribution in [-0.4, -0.2) is 32.3 Å². The number of nitrogens with one attached hydrogen (secondary N) is 1. The molecule has 90 valence electrons. The van der Waals surface area contributed by atoms with Crippen LogP contribution in [0.2, 0.25) is 0 Å². The van der Waals surface area contributed by atoms with Crippen molar-refractivity contribution in [3.8, 4) is 5.75 Å². The van der Waals surface area contributed by atoms with Crippen LogP contribution in [0, 0.1) is 0 Å². The standard InChI is InChI=1S/C13H15NO3/c1-16-12-5-3-2-4-10(12)6-7-13(15)14-11-8-17-9-11/h2-7,11H,8-9H2,1H3,(H,14,15). The Bertz CT molecular complexity index is 424. The van der Waals surface area contributed by atoms with Crippen LogP contribution in [-0.2, 0) is 9.53 Å². The van der Waals surface area contributed by atoms with Crippen molar-refractivity contribution in [1.29, 1.82) is 0 Å². The second kappa shape index (κ2) is 5.50. The predicted octanol–water partition coefficient (Wildman–Crippen LogP) is 1.22. The van der Waals surface area contributed by atoms with Crippen molar-refractivity contribution in [2.45, 2.75) is 6.04 Å². The smallest absolute Gasteiger partial charge is 0.244 e. The summed E-state index contributed by atoms with van der Waals surface area (Å²) in [5, 5.41) is 2.83. The third kappa shape index (κ3) is 3.07. The fourth-order valence-electron chi connectivity index (χ4n) is 1.54. The predicted molar refractivity (Wildman–Crippen MR) is 64.8 cm³/mol. The second-order valence-electron chi connectivity index (χ2n) is 3.82. The van der Waals surface area contributed by atoms with E-state index in [2.05, 4.69) is 5.32 Å². The van der Waals surface area contributed by atoms with Gasteiger partial charge in [-0.2, -0.15) is 0 Å². The first kappa shape index (κ1) is 11.7. The van der Waals surface area contributed by atoms with Gasteiger partial charge in [0.15, 0.2) is 0 Å².